The quantitative estimate of drug-likeness (QED) is 0.907. The Labute approximate surface area is 121 Å². The maximum absolute atomic E-state index is 13.4. The molecule has 0 bridgehead atoms. The number of nitrogens with one attached hydrogen (secondary N) is 1. The van der Waals surface area contributed by atoms with Crippen molar-refractivity contribution in [3.63, 3.8) is 0 Å². The lowest BCUT2D eigenvalue weighted by Crippen LogP contribution is -2.37. The van der Waals surface area contributed by atoms with E-state index < -0.39 is 11.6 Å². The Morgan fingerprint density at radius 1 is 1.26 bits per heavy atom. The molecule has 5 heteroatoms. The molecule has 3 atom stereocenters. The lowest BCUT2D eigenvalue weighted by molar-refractivity contribution is 0.492. The molecule has 106 valence electrons. The molecule has 1 fully saturated rings. The van der Waals surface area contributed by atoms with Crippen molar-refractivity contribution >= 4 is 23.5 Å². The Morgan fingerprint density at radius 3 is 2.63 bits per heavy atom. The summed E-state index contributed by atoms with van der Waals surface area (Å²) in [7, 11) is 0. The van der Waals surface area contributed by atoms with Crippen molar-refractivity contribution in [1.29, 1.82) is 0 Å². The molecule has 0 radical (unpaired) electrons. The number of thioether (sulfide) groups is 2. The zero-order valence-electron chi connectivity index (χ0n) is 11.2. The van der Waals surface area contributed by atoms with Crippen molar-refractivity contribution in [2.75, 3.05) is 18.1 Å². The van der Waals surface area contributed by atoms with Crippen LogP contribution in [0.4, 0.5) is 8.78 Å². The number of hydrogen-bond acceptors (Lipinski definition) is 3. The van der Waals surface area contributed by atoms with Crippen LogP contribution in [0.3, 0.4) is 0 Å². The summed E-state index contributed by atoms with van der Waals surface area (Å²) in [4.78, 5) is 0. The highest BCUT2D eigenvalue weighted by atomic mass is 32.2. The smallest absolute Gasteiger partial charge is 0.159 e. The molecule has 1 N–H and O–H groups in total. The van der Waals surface area contributed by atoms with E-state index in [9.17, 15) is 8.78 Å². The second-order valence-corrected chi connectivity index (χ2v) is 7.39. The van der Waals surface area contributed by atoms with Crippen LogP contribution in [0.5, 0.6) is 0 Å². The Bertz CT molecular complexity index is 428. The summed E-state index contributed by atoms with van der Waals surface area (Å²) < 4.78 is 26.5. The van der Waals surface area contributed by atoms with Crippen LogP contribution in [0.25, 0.3) is 0 Å². The molecule has 0 amide bonds. The van der Waals surface area contributed by atoms with Gasteiger partial charge in [-0.25, -0.2) is 8.78 Å². The number of halogens is 2. The average Bonchev–Trinajstić information content (AvgIpc) is 2.40. The van der Waals surface area contributed by atoms with Gasteiger partial charge >= 0.3 is 0 Å². The van der Waals surface area contributed by atoms with Gasteiger partial charge in [0.1, 0.15) is 0 Å². The third-order valence-corrected chi connectivity index (χ3v) is 6.49. The second-order valence-electron chi connectivity index (χ2n) is 4.62. The minimum Gasteiger partial charge on any atom is -0.309 e. The van der Waals surface area contributed by atoms with Crippen molar-refractivity contribution in [2.45, 2.75) is 30.4 Å². The van der Waals surface area contributed by atoms with Crippen molar-refractivity contribution in [1.82, 2.24) is 5.32 Å². The Hall–Kier alpha value is -0.260. The zero-order valence-corrected chi connectivity index (χ0v) is 12.8. The molecule has 1 saturated heterocycles. The van der Waals surface area contributed by atoms with Gasteiger partial charge in [0, 0.05) is 28.0 Å². The fourth-order valence-corrected chi connectivity index (χ4v) is 5.31. The summed E-state index contributed by atoms with van der Waals surface area (Å²) in [5.74, 6) is 0.740. The van der Waals surface area contributed by atoms with E-state index >= 15 is 0 Å². The largest absolute Gasteiger partial charge is 0.309 e. The second kappa shape index (κ2) is 6.95. The van der Waals surface area contributed by atoms with Crippen LogP contribution >= 0.6 is 23.5 Å². The fraction of sp³-hybridized carbons (Fsp3) is 0.571. The molecule has 1 aliphatic heterocycles. The first-order valence-electron chi connectivity index (χ1n) is 6.55. The molecule has 1 nitrogen and oxygen atoms in total. The van der Waals surface area contributed by atoms with Crippen molar-refractivity contribution in [2.24, 2.45) is 0 Å². The molecule has 1 aliphatic rings. The van der Waals surface area contributed by atoms with Gasteiger partial charge in [-0.15, -0.1) is 0 Å². The van der Waals surface area contributed by atoms with Crippen LogP contribution in [0.1, 0.15) is 25.5 Å². The molecule has 0 aromatic heterocycles. The van der Waals surface area contributed by atoms with Crippen molar-refractivity contribution < 1.29 is 8.78 Å². The number of benzene rings is 1. The summed E-state index contributed by atoms with van der Waals surface area (Å²) in [5, 5.41) is 4.32. The predicted molar refractivity (Wildman–Crippen MR) is 80.9 cm³/mol. The number of rotatable bonds is 4. The molecule has 19 heavy (non-hydrogen) atoms. The van der Waals surface area contributed by atoms with Gasteiger partial charge in [0.15, 0.2) is 11.6 Å². The maximum atomic E-state index is 13.4. The molecule has 2 rings (SSSR count). The summed E-state index contributed by atoms with van der Waals surface area (Å²) in [6, 6.07) is 4.32. The van der Waals surface area contributed by atoms with Gasteiger partial charge in [0.25, 0.3) is 0 Å². The minimum atomic E-state index is -0.780. The van der Waals surface area contributed by atoms with Crippen LogP contribution in [0, 0.1) is 11.6 Å². The van der Waals surface area contributed by atoms with E-state index in [4.69, 9.17) is 0 Å². The van der Waals surface area contributed by atoms with Gasteiger partial charge in [-0.3, -0.25) is 0 Å². The van der Waals surface area contributed by atoms with Crippen LogP contribution in [-0.2, 0) is 0 Å². The lowest BCUT2D eigenvalue weighted by Gasteiger charge is -2.35. The first-order valence-corrected chi connectivity index (χ1v) is 8.64. The average molecular weight is 303 g/mol. The standard InChI is InChI=1S/C14H19F2NS2/c1-3-17-13(14-9(2)18-6-7-19-14)10-4-5-11(15)12(16)8-10/h4-5,8-9,13-14,17H,3,6-7H2,1-2H3. The summed E-state index contributed by atoms with van der Waals surface area (Å²) >= 11 is 3.88. The minimum absolute atomic E-state index is 0.0768. The Morgan fingerprint density at radius 2 is 2.00 bits per heavy atom. The molecule has 1 heterocycles. The molecule has 1 aromatic rings. The van der Waals surface area contributed by atoms with Gasteiger partial charge in [0.05, 0.1) is 0 Å². The molecular weight excluding hydrogens is 284 g/mol. The van der Waals surface area contributed by atoms with Gasteiger partial charge < -0.3 is 5.32 Å². The monoisotopic (exact) mass is 303 g/mol. The highest BCUT2D eigenvalue weighted by Gasteiger charge is 2.31. The van der Waals surface area contributed by atoms with Gasteiger partial charge in [-0.2, -0.15) is 23.5 Å². The zero-order chi connectivity index (χ0) is 13.8. The normalized spacial score (nSPS) is 25.3. The summed E-state index contributed by atoms with van der Waals surface area (Å²) in [5.41, 5.74) is 0.840. The molecule has 0 saturated carbocycles. The molecular formula is C14H19F2NS2. The van der Waals surface area contributed by atoms with Crippen LogP contribution in [-0.4, -0.2) is 28.6 Å². The SMILES string of the molecule is CCNC(c1ccc(F)c(F)c1)C1SCCSC1C. The van der Waals surface area contributed by atoms with E-state index in [0.717, 1.165) is 17.9 Å². The first kappa shape index (κ1) is 15.1. The number of hydrogen-bond donors (Lipinski definition) is 1. The van der Waals surface area contributed by atoms with E-state index in [1.807, 2.05) is 30.4 Å². The van der Waals surface area contributed by atoms with Gasteiger partial charge in [-0.1, -0.05) is 19.9 Å². The van der Waals surface area contributed by atoms with E-state index in [1.54, 1.807) is 6.07 Å². The molecule has 0 spiro atoms. The van der Waals surface area contributed by atoms with E-state index in [-0.39, 0.29) is 6.04 Å². The van der Waals surface area contributed by atoms with Crippen LogP contribution in [0.2, 0.25) is 0 Å². The highest BCUT2D eigenvalue weighted by Crippen LogP contribution is 2.38. The van der Waals surface area contributed by atoms with Gasteiger partial charge in [0.2, 0.25) is 0 Å². The third-order valence-electron chi connectivity index (χ3n) is 3.29. The third kappa shape index (κ3) is 3.64. The van der Waals surface area contributed by atoms with Crippen LogP contribution < -0.4 is 5.32 Å². The Balaban J connectivity index is 2.25. The van der Waals surface area contributed by atoms with E-state index in [1.165, 1.54) is 17.9 Å². The van der Waals surface area contributed by atoms with Crippen molar-refractivity contribution in [3.05, 3.63) is 35.4 Å². The molecule has 1 aromatic carbocycles. The van der Waals surface area contributed by atoms with Gasteiger partial charge in [-0.05, 0) is 24.2 Å². The van der Waals surface area contributed by atoms with Crippen molar-refractivity contribution in [3.8, 4) is 0 Å². The topological polar surface area (TPSA) is 12.0 Å². The Kier molecular flexibility index (Phi) is 5.54. The lowest BCUT2D eigenvalue weighted by atomic mass is 10.0. The summed E-state index contributed by atoms with van der Waals surface area (Å²) in [6.07, 6.45) is 0. The van der Waals surface area contributed by atoms with Crippen LogP contribution in [0.15, 0.2) is 18.2 Å². The fourth-order valence-electron chi connectivity index (χ4n) is 2.37. The van der Waals surface area contributed by atoms with E-state index in [0.29, 0.717) is 10.5 Å². The highest BCUT2D eigenvalue weighted by molar-refractivity contribution is 8.07. The molecule has 0 aliphatic carbocycles. The first-order chi connectivity index (χ1) is 9.13. The summed E-state index contributed by atoms with van der Waals surface area (Å²) in [6.45, 7) is 5.07. The maximum Gasteiger partial charge on any atom is 0.159 e. The predicted octanol–water partition coefficient (Wildman–Crippen LogP) is 3.85. The molecule has 3 unspecified atom stereocenters. The van der Waals surface area contributed by atoms with E-state index in [2.05, 4.69) is 12.2 Å².